The van der Waals surface area contributed by atoms with Gasteiger partial charge < -0.3 is 10.4 Å². The smallest absolute Gasteiger partial charge is 0.120 e. The summed E-state index contributed by atoms with van der Waals surface area (Å²) in [5, 5.41) is 13.2. The maximum atomic E-state index is 9.79. The summed E-state index contributed by atoms with van der Waals surface area (Å²) in [6, 6.07) is 15.9. The summed E-state index contributed by atoms with van der Waals surface area (Å²) in [7, 11) is 0. The molecule has 2 rings (SSSR count). The molecule has 0 bridgehead atoms. The van der Waals surface area contributed by atoms with E-state index in [1.807, 2.05) is 24.3 Å². The number of phenolic OH excluding ortho intramolecular Hbond substituents is 1. The Morgan fingerprint density at radius 2 is 1.72 bits per heavy atom. The summed E-state index contributed by atoms with van der Waals surface area (Å²) < 4.78 is 0. The van der Waals surface area contributed by atoms with Crippen LogP contribution in [0, 0.1) is 6.92 Å². The van der Waals surface area contributed by atoms with Crippen LogP contribution in [0.4, 0.5) is 0 Å². The maximum Gasteiger partial charge on any atom is 0.120 e. The van der Waals surface area contributed by atoms with Gasteiger partial charge in [0.15, 0.2) is 0 Å². The quantitative estimate of drug-likeness (QED) is 0.858. The minimum Gasteiger partial charge on any atom is -0.508 e. The van der Waals surface area contributed by atoms with E-state index in [1.54, 1.807) is 6.07 Å². The molecule has 2 nitrogen and oxygen atoms in total. The molecule has 2 aromatic carbocycles. The molecule has 0 heterocycles. The van der Waals surface area contributed by atoms with E-state index in [0.717, 1.165) is 12.1 Å². The fraction of sp³-hybridized carbons (Fsp3) is 0.250. The van der Waals surface area contributed by atoms with Crippen molar-refractivity contribution in [1.29, 1.82) is 0 Å². The van der Waals surface area contributed by atoms with Gasteiger partial charge in [0.25, 0.3) is 0 Å². The second-order valence-electron chi connectivity index (χ2n) is 4.59. The number of aryl methyl sites for hydroxylation is 1. The maximum absolute atomic E-state index is 9.79. The van der Waals surface area contributed by atoms with Gasteiger partial charge in [-0.1, -0.05) is 42.5 Å². The molecule has 0 aliphatic rings. The highest BCUT2D eigenvalue weighted by Crippen LogP contribution is 2.23. The second kappa shape index (κ2) is 5.69. The van der Waals surface area contributed by atoms with Gasteiger partial charge >= 0.3 is 0 Å². The lowest BCUT2D eigenvalue weighted by molar-refractivity contribution is 0.452. The first-order chi connectivity index (χ1) is 8.68. The molecule has 0 saturated carbocycles. The molecular weight excluding hydrogens is 222 g/mol. The highest BCUT2D eigenvalue weighted by molar-refractivity contribution is 5.34. The normalized spacial score (nSPS) is 12.3. The molecule has 2 aromatic rings. The standard InChI is InChI=1S/C16H19NO/c1-12-7-3-4-8-14(12)11-17-13(2)15-9-5-6-10-16(15)18/h3-10,13,17-18H,11H2,1-2H3. The van der Waals surface area contributed by atoms with Crippen molar-refractivity contribution in [3.8, 4) is 5.75 Å². The lowest BCUT2D eigenvalue weighted by Gasteiger charge is -2.16. The molecule has 0 saturated heterocycles. The number of rotatable bonds is 4. The summed E-state index contributed by atoms with van der Waals surface area (Å²) in [6.07, 6.45) is 0. The number of hydrogen-bond acceptors (Lipinski definition) is 2. The first-order valence-corrected chi connectivity index (χ1v) is 6.24. The van der Waals surface area contributed by atoms with Crippen LogP contribution in [0.2, 0.25) is 0 Å². The third kappa shape index (κ3) is 2.90. The van der Waals surface area contributed by atoms with Crippen molar-refractivity contribution in [3.63, 3.8) is 0 Å². The SMILES string of the molecule is Cc1ccccc1CNC(C)c1ccccc1O. The molecule has 0 aliphatic carbocycles. The fourth-order valence-corrected chi connectivity index (χ4v) is 2.04. The van der Waals surface area contributed by atoms with Gasteiger partial charge in [0, 0.05) is 18.2 Å². The van der Waals surface area contributed by atoms with E-state index in [0.29, 0.717) is 5.75 Å². The molecule has 2 heteroatoms. The van der Waals surface area contributed by atoms with Crippen LogP contribution in [-0.2, 0) is 6.54 Å². The Balaban J connectivity index is 2.03. The zero-order valence-corrected chi connectivity index (χ0v) is 10.9. The fourth-order valence-electron chi connectivity index (χ4n) is 2.04. The van der Waals surface area contributed by atoms with Gasteiger partial charge in [0.2, 0.25) is 0 Å². The summed E-state index contributed by atoms with van der Waals surface area (Å²) in [5.74, 6) is 0.349. The van der Waals surface area contributed by atoms with Crippen LogP contribution in [0.5, 0.6) is 5.75 Å². The molecule has 94 valence electrons. The third-order valence-electron chi connectivity index (χ3n) is 3.26. The van der Waals surface area contributed by atoms with Crippen molar-refractivity contribution in [3.05, 3.63) is 65.2 Å². The van der Waals surface area contributed by atoms with Gasteiger partial charge in [-0.25, -0.2) is 0 Å². The highest BCUT2D eigenvalue weighted by Gasteiger charge is 2.09. The van der Waals surface area contributed by atoms with Crippen molar-refractivity contribution < 1.29 is 5.11 Å². The monoisotopic (exact) mass is 241 g/mol. The zero-order valence-electron chi connectivity index (χ0n) is 10.9. The second-order valence-corrected chi connectivity index (χ2v) is 4.59. The van der Waals surface area contributed by atoms with Crippen molar-refractivity contribution in [1.82, 2.24) is 5.32 Å². The number of para-hydroxylation sites is 1. The molecule has 0 aliphatic heterocycles. The molecule has 0 aromatic heterocycles. The Morgan fingerprint density at radius 3 is 2.44 bits per heavy atom. The topological polar surface area (TPSA) is 32.3 Å². The summed E-state index contributed by atoms with van der Waals surface area (Å²) in [6.45, 7) is 4.98. The van der Waals surface area contributed by atoms with Crippen LogP contribution in [0.1, 0.15) is 29.7 Å². The lowest BCUT2D eigenvalue weighted by Crippen LogP contribution is -2.18. The molecule has 0 amide bonds. The minimum atomic E-state index is 0.130. The number of benzene rings is 2. The Morgan fingerprint density at radius 1 is 1.06 bits per heavy atom. The number of hydrogen-bond donors (Lipinski definition) is 2. The van der Waals surface area contributed by atoms with Crippen LogP contribution >= 0.6 is 0 Å². The molecule has 1 atom stereocenters. The molecule has 0 fully saturated rings. The molecule has 18 heavy (non-hydrogen) atoms. The van der Waals surface area contributed by atoms with E-state index < -0.39 is 0 Å². The minimum absolute atomic E-state index is 0.130. The van der Waals surface area contributed by atoms with Crippen molar-refractivity contribution in [2.75, 3.05) is 0 Å². The Hall–Kier alpha value is -1.80. The molecule has 2 N–H and O–H groups in total. The van der Waals surface area contributed by atoms with Crippen LogP contribution < -0.4 is 5.32 Å². The van der Waals surface area contributed by atoms with Crippen LogP contribution in [0.15, 0.2) is 48.5 Å². The van der Waals surface area contributed by atoms with Crippen molar-refractivity contribution in [2.24, 2.45) is 0 Å². The van der Waals surface area contributed by atoms with Crippen LogP contribution in [0.25, 0.3) is 0 Å². The van der Waals surface area contributed by atoms with Gasteiger partial charge in [-0.15, -0.1) is 0 Å². The van der Waals surface area contributed by atoms with Crippen LogP contribution in [-0.4, -0.2) is 5.11 Å². The van der Waals surface area contributed by atoms with E-state index in [4.69, 9.17) is 0 Å². The molecule has 1 unspecified atom stereocenters. The molecule has 0 spiro atoms. The summed E-state index contributed by atoms with van der Waals surface area (Å²) >= 11 is 0. The number of phenols is 1. The van der Waals surface area contributed by atoms with Crippen LogP contribution in [0.3, 0.4) is 0 Å². The number of aromatic hydroxyl groups is 1. The Labute approximate surface area is 108 Å². The highest BCUT2D eigenvalue weighted by atomic mass is 16.3. The van der Waals surface area contributed by atoms with Crippen molar-refractivity contribution in [2.45, 2.75) is 26.4 Å². The first kappa shape index (κ1) is 12.7. The summed E-state index contributed by atoms with van der Waals surface area (Å²) in [4.78, 5) is 0. The van der Waals surface area contributed by atoms with Gasteiger partial charge in [-0.2, -0.15) is 0 Å². The Kier molecular flexibility index (Phi) is 4.00. The van der Waals surface area contributed by atoms with Gasteiger partial charge in [0.05, 0.1) is 0 Å². The third-order valence-corrected chi connectivity index (χ3v) is 3.26. The molecular formula is C16H19NO. The van der Waals surface area contributed by atoms with Gasteiger partial charge in [-0.05, 0) is 31.0 Å². The van der Waals surface area contributed by atoms with Crippen molar-refractivity contribution >= 4 is 0 Å². The van der Waals surface area contributed by atoms with Gasteiger partial charge in [0.1, 0.15) is 5.75 Å². The average molecular weight is 241 g/mol. The van der Waals surface area contributed by atoms with E-state index >= 15 is 0 Å². The van der Waals surface area contributed by atoms with E-state index in [9.17, 15) is 5.11 Å². The number of nitrogens with one attached hydrogen (secondary N) is 1. The average Bonchev–Trinajstić information content (AvgIpc) is 2.38. The predicted molar refractivity (Wildman–Crippen MR) is 74.5 cm³/mol. The first-order valence-electron chi connectivity index (χ1n) is 6.24. The zero-order chi connectivity index (χ0) is 13.0. The summed E-state index contributed by atoms with van der Waals surface area (Å²) in [5.41, 5.74) is 3.51. The van der Waals surface area contributed by atoms with Gasteiger partial charge in [-0.3, -0.25) is 0 Å². The van der Waals surface area contributed by atoms with E-state index in [1.165, 1.54) is 11.1 Å². The predicted octanol–water partition coefficient (Wildman–Crippen LogP) is 3.55. The largest absolute Gasteiger partial charge is 0.508 e. The Bertz CT molecular complexity index is 522. The molecule has 0 radical (unpaired) electrons. The van der Waals surface area contributed by atoms with E-state index in [2.05, 4.69) is 37.4 Å². The lowest BCUT2D eigenvalue weighted by atomic mass is 10.1. The van der Waals surface area contributed by atoms with E-state index in [-0.39, 0.29) is 6.04 Å².